The molecular formula is C15H33O5PSi. The van der Waals surface area contributed by atoms with Crippen LogP contribution in [0.5, 0.6) is 0 Å². The van der Waals surface area contributed by atoms with E-state index >= 15 is 0 Å². The number of rotatable bonds is 10. The normalized spacial score (nSPS) is 14.7. The second-order valence-electron chi connectivity index (χ2n) is 7.19. The van der Waals surface area contributed by atoms with Crippen LogP contribution in [0.25, 0.3) is 0 Å². The highest BCUT2D eigenvalue weighted by molar-refractivity contribution is 7.56. The molecule has 0 fully saturated rings. The molecule has 0 unspecified atom stereocenters. The van der Waals surface area contributed by atoms with Crippen LogP contribution in [-0.2, 0) is 23.1 Å². The summed E-state index contributed by atoms with van der Waals surface area (Å²) in [5.74, 6) is -0.473. The second-order valence-corrected chi connectivity index (χ2v) is 14.9. The number of carbonyl (C=O) groups is 1. The van der Waals surface area contributed by atoms with Gasteiger partial charge >= 0.3 is 13.6 Å². The highest BCUT2D eigenvalue weighted by Crippen LogP contribution is 2.56. The van der Waals surface area contributed by atoms with E-state index < -0.39 is 32.9 Å². The van der Waals surface area contributed by atoms with Crippen LogP contribution in [0.15, 0.2) is 0 Å². The van der Waals surface area contributed by atoms with Gasteiger partial charge in [-0.3, -0.25) is 9.36 Å². The van der Waals surface area contributed by atoms with Crippen LogP contribution in [-0.4, -0.2) is 38.5 Å². The summed E-state index contributed by atoms with van der Waals surface area (Å²) in [4.78, 5) is 12.7. The summed E-state index contributed by atoms with van der Waals surface area (Å²) in [6, 6.07) is 0.517. The molecule has 0 aliphatic rings. The maximum absolute atomic E-state index is 13.1. The maximum atomic E-state index is 13.1. The summed E-state index contributed by atoms with van der Waals surface area (Å²) in [7, 11) is -5.19. The molecule has 132 valence electrons. The SMILES string of the molecule is CCOP(=O)(OCC)[C@@H](C[Si](C)(C)C)C(=O)OC(C)(C)CC. The molecule has 0 heterocycles. The van der Waals surface area contributed by atoms with Gasteiger partial charge in [0.15, 0.2) is 5.66 Å². The van der Waals surface area contributed by atoms with Gasteiger partial charge in [0.25, 0.3) is 0 Å². The third-order valence-electron chi connectivity index (χ3n) is 3.31. The van der Waals surface area contributed by atoms with Crippen molar-refractivity contribution in [1.29, 1.82) is 0 Å². The van der Waals surface area contributed by atoms with Gasteiger partial charge in [-0.05, 0) is 40.2 Å². The molecule has 5 nitrogen and oxygen atoms in total. The summed E-state index contributed by atoms with van der Waals surface area (Å²) in [6.45, 7) is 16.0. The first-order valence-corrected chi connectivity index (χ1v) is 13.3. The summed E-state index contributed by atoms with van der Waals surface area (Å²) < 4.78 is 29.5. The summed E-state index contributed by atoms with van der Waals surface area (Å²) in [5.41, 5.74) is -1.43. The van der Waals surface area contributed by atoms with Gasteiger partial charge in [-0.25, -0.2) is 0 Å². The van der Waals surface area contributed by atoms with E-state index in [1.165, 1.54) is 0 Å². The van der Waals surface area contributed by atoms with E-state index in [-0.39, 0.29) is 13.2 Å². The predicted octanol–water partition coefficient (Wildman–Crippen LogP) is 4.69. The Morgan fingerprint density at radius 2 is 1.55 bits per heavy atom. The molecule has 0 amide bonds. The van der Waals surface area contributed by atoms with Crippen LogP contribution in [0.4, 0.5) is 0 Å². The van der Waals surface area contributed by atoms with Gasteiger partial charge in [-0.2, -0.15) is 0 Å². The molecule has 0 aliphatic heterocycles. The summed E-state index contributed by atoms with van der Waals surface area (Å²) in [6.07, 6.45) is 0.686. The zero-order chi connectivity index (χ0) is 17.6. The van der Waals surface area contributed by atoms with Crippen LogP contribution in [0.3, 0.4) is 0 Å². The highest BCUT2D eigenvalue weighted by atomic mass is 31.2. The Kier molecular flexibility index (Phi) is 8.56. The summed E-state index contributed by atoms with van der Waals surface area (Å²) in [5, 5.41) is 0. The van der Waals surface area contributed by atoms with Gasteiger partial charge in [0.2, 0.25) is 0 Å². The molecule has 0 radical (unpaired) electrons. The van der Waals surface area contributed by atoms with E-state index in [9.17, 15) is 9.36 Å². The zero-order valence-corrected chi connectivity index (χ0v) is 17.3. The first-order chi connectivity index (χ1) is 9.90. The predicted molar refractivity (Wildman–Crippen MR) is 93.3 cm³/mol. The molecule has 0 saturated carbocycles. The molecule has 0 saturated heterocycles. The monoisotopic (exact) mass is 352 g/mol. The topological polar surface area (TPSA) is 61.8 Å². The van der Waals surface area contributed by atoms with Gasteiger partial charge in [-0.1, -0.05) is 26.6 Å². The van der Waals surface area contributed by atoms with Gasteiger partial charge in [0, 0.05) is 8.07 Å². The highest BCUT2D eigenvalue weighted by Gasteiger charge is 2.45. The number of hydrogen-bond acceptors (Lipinski definition) is 5. The van der Waals surface area contributed by atoms with Crippen molar-refractivity contribution in [1.82, 2.24) is 0 Å². The minimum atomic E-state index is -3.52. The van der Waals surface area contributed by atoms with Crippen LogP contribution in [0.2, 0.25) is 25.7 Å². The number of ether oxygens (including phenoxy) is 1. The molecule has 0 rings (SSSR count). The van der Waals surface area contributed by atoms with Crippen LogP contribution in [0.1, 0.15) is 41.0 Å². The third-order valence-corrected chi connectivity index (χ3v) is 7.68. The Hall–Kier alpha value is -0.163. The fraction of sp³-hybridized carbons (Fsp3) is 0.933. The van der Waals surface area contributed by atoms with E-state index in [0.29, 0.717) is 12.5 Å². The average Bonchev–Trinajstić information content (AvgIpc) is 2.35. The average molecular weight is 352 g/mol. The van der Waals surface area contributed by atoms with Gasteiger partial charge in [0.1, 0.15) is 5.60 Å². The smallest absolute Gasteiger partial charge is 0.344 e. The lowest BCUT2D eigenvalue weighted by Gasteiger charge is -2.32. The Labute approximate surface area is 136 Å². The molecule has 0 aromatic heterocycles. The fourth-order valence-corrected chi connectivity index (χ4v) is 7.22. The molecule has 1 atom stereocenters. The molecule has 0 aromatic rings. The van der Waals surface area contributed by atoms with Crippen molar-refractivity contribution in [2.24, 2.45) is 0 Å². The molecular weight excluding hydrogens is 319 g/mol. The lowest BCUT2D eigenvalue weighted by Crippen LogP contribution is -2.38. The Morgan fingerprint density at radius 1 is 1.09 bits per heavy atom. The minimum absolute atomic E-state index is 0.240. The standard InChI is InChI=1S/C15H33O5PSi/c1-9-15(4,5)20-14(16)13(12-22(6,7)8)21(17,18-10-2)19-11-3/h13H,9-12H2,1-8H3/t13-/m0/s1. The lowest BCUT2D eigenvalue weighted by atomic mass is 10.1. The van der Waals surface area contributed by atoms with Crippen LogP contribution in [0, 0.1) is 0 Å². The molecule has 7 heteroatoms. The quantitative estimate of drug-likeness (QED) is 0.324. The molecule has 0 aliphatic carbocycles. The van der Waals surface area contributed by atoms with Crippen LogP contribution >= 0.6 is 7.60 Å². The molecule has 22 heavy (non-hydrogen) atoms. The third kappa shape index (κ3) is 7.40. The van der Waals surface area contributed by atoms with E-state index in [0.717, 1.165) is 0 Å². The van der Waals surface area contributed by atoms with Crippen molar-refractivity contribution in [3.63, 3.8) is 0 Å². The largest absolute Gasteiger partial charge is 0.459 e. The maximum Gasteiger partial charge on any atom is 0.344 e. The van der Waals surface area contributed by atoms with Crippen LogP contribution < -0.4 is 0 Å². The molecule has 0 bridgehead atoms. The molecule has 0 spiro atoms. The Bertz CT molecular complexity index is 393. The first kappa shape index (κ1) is 21.8. The van der Waals surface area contributed by atoms with E-state index in [2.05, 4.69) is 19.6 Å². The molecule has 0 N–H and O–H groups in total. The van der Waals surface area contributed by atoms with Gasteiger partial charge in [-0.15, -0.1) is 0 Å². The van der Waals surface area contributed by atoms with Crippen molar-refractivity contribution in [3.05, 3.63) is 0 Å². The molecule has 0 aromatic carbocycles. The number of carbonyl (C=O) groups excluding carboxylic acids is 1. The minimum Gasteiger partial charge on any atom is -0.459 e. The number of hydrogen-bond donors (Lipinski definition) is 0. The zero-order valence-electron chi connectivity index (χ0n) is 15.4. The second kappa shape index (κ2) is 8.62. The van der Waals surface area contributed by atoms with Gasteiger partial charge in [0.05, 0.1) is 13.2 Å². The Morgan fingerprint density at radius 3 is 1.86 bits per heavy atom. The van der Waals surface area contributed by atoms with Crippen molar-refractivity contribution in [2.75, 3.05) is 13.2 Å². The Balaban J connectivity index is 5.52. The van der Waals surface area contributed by atoms with E-state index in [1.807, 2.05) is 20.8 Å². The van der Waals surface area contributed by atoms with E-state index in [1.54, 1.807) is 13.8 Å². The van der Waals surface area contributed by atoms with Crippen molar-refractivity contribution < 1.29 is 23.1 Å². The van der Waals surface area contributed by atoms with Gasteiger partial charge < -0.3 is 13.8 Å². The summed E-state index contributed by atoms with van der Waals surface area (Å²) >= 11 is 0. The first-order valence-electron chi connectivity index (χ1n) is 8.02. The number of esters is 1. The van der Waals surface area contributed by atoms with E-state index in [4.69, 9.17) is 13.8 Å². The van der Waals surface area contributed by atoms with Crippen molar-refractivity contribution in [3.8, 4) is 0 Å². The van der Waals surface area contributed by atoms with Crippen molar-refractivity contribution >= 4 is 21.6 Å². The van der Waals surface area contributed by atoms with Crippen molar-refractivity contribution in [2.45, 2.75) is 78.0 Å². The fourth-order valence-electron chi connectivity index (χ4n) is 1.89. The lowest BCUT2D eigenvalue weighted by molar-refractivity contribution is -0.156.